The molecule has 0 fully saturated rings. The van der Waals surface area contributed by atoms with Crippen molar-refractivity contribution in [1.29, 1.82) is 0 Å². The second kappa shape index (κ2) is 6.30. The molecule has 0 amide bonds. The first-order valence-electron chi connectivity index (χ1n) is 13.5. The lowest BCUT2D eigenvalue weighted by molar-refractivity contribution is 0.392. The highest BCUT2D eigenvalue weighted by atomic mass is 14.6. The molecule has 1 unspecified atom stereocenters. The lowest BCUT2D eigenvalue weighted by Crippen LogP contribution is -2.52. The summed E-state index contributed by atoms with van der Waals surface area (Å²) in [7, 11) is 0. The number of hydrogen-bond donors (Lipinski definition) is 0. The molecule has 4 aromatic rings. The molecule has 2 spiro atoms. The summed E-state index contributed by atoms with van der Waals surface area (Å²) in [4.78, 5) is 0. The molecule has 0 nitrogen and oxygen atoms in total. The van der Waals surface area contributed by atoms with Crippen LogP contribution < -0.4 is 0 Å². The zero-order chi connectivity index (χ0) is 24.5. The van der Waals surface area contributed by atoms with E-state index < -0.39 is 0 Å². The number of allylic oxidation sites excluding steroid dienone is 2. The average Bonchev–Trinajstić information content (AvgIpc) is 2.90. The van der Waals surface area contributed by atoms with Crippen LogP contribution in [0.25, 0.3) is 5.57 Å². The molecule has 0 radical (unpaired) electrons. The minimum absolute atomic E-state index is 0.00176. The minimum Gasteiger partial charge on any atom is -0.0645 e. The normalized spacial score (nSPS) is 24.3. The van der Waals surface area contributed by atoms with Crippen LogP contribution in [-0.4, -0.2) is 0 Å². The van der Waals surface area contributed by atoms with Crippen molar-refractivity contribution in [3.8, 4) is 0 Å². The summed E-state index contributed by atoms with van der Waals surface area (Å²) < 4.78 is 0. The summed E-state index contributed by atoms with van der Waals surface area (Å²) in [5.74, 6) is 0. The first kappa shape index (κ1) is 20.8. The largest absolute Gasteiger partial charge is 0.0645 e. The van der Waals surface area contributed by atoms with E-state index >= 15 is 0 Å². The third-order valence-electron chi connectivity index (χ3n) is 10.4. The molecule has 4 aromatic carbocycles. The highest BCUT2D eigenvalue weighted by molar-refractivity contribution is 5.97. The van der Waals surface area contributed by atoms with Gasteiger partial charge in [0.15, 0.2) is 0 Å². The summed E-state index contributed by atoms with van der Waals surface area (Å²) in [5, 5.41) is 0. The fraction of sp³-hybridized carbons (Fsp3) is 0.278. The molecule has 0 aromatic heterocycles. The molecule has 0 heterocycles. The first-order valence-corrected chi connectivity index (χ1v) is 13.5. The molecule has 1 atom stereocenters. The maximum atomic E-state index is 2.71. The smallest absolute Gasteiger partial charge is 0.0467 e. The van der Waals surface area contributed by atoms with E-state index in [9.17, 15) is 0 Å². The Labute approximate surface area is 214 Å². The van der Waals surface area contributed by atoms with E-state index in [-0.39, 0.29) is 21.7 Å². The van der Waals surface area contributed by atoms with Gasteiger partial charge in [0.25, 0.3) is 0 Å². The van der Waals surface area contributed by atoms with Crippen LogP contribution in [0.15, 0.2) is 97.1 Å². The molecule has 8 rings (SSSR count). The van der Waals surface area contributed by atoms with E-state index in [0.29, 0.717) is 0 Å². The van der Waals surface area contributed by atoms with Gasteiger partial charge in [0.1, 0.15) is 0 Å². The van der Waals surface area contributed by atoms with Gasteiger partial charge < -0.3 is 0 Å². The summed E-state index contributed by atoms with van der Waals surface area (Å²) >= 11 is 0. The minimum atomic E-state index is -0.0844. The highest BCUT2D eigenvalue weighted by Gasteiger charge is 2.60. The van der Waals surface area contributed by atoms with E-state index in [2.05, 4.69) is 125 Å². The van der Waals surface area contributed by atoms with E-state index in [1.54, 1.807) is 16.7 Å². The van der Waals surface area contributed by atoms with Crippen molar-refractivity contribution in [2.24, 2.45) is 0 Å². The Morgan fingerprint density at radius 2 is 0.944 bits per heavy atom. The number of rotatable bonds is 0. The monoisotopic (exact) mass is 464 g/mol. The van der Waals surface area contributed by atoms with Gasteiger partial charge in [-0.25, -0.2) is 0 Å². The van der Waals surface area contributed by atoms with Gasteiger partial charge in [-0.05, 0) is 68.5 Å². The third-order valence-corrected chi connectivity index (χ3v) is 10.4. The molecular weight excluding hydrogens is 432 g/mol. The molecular formula is C36H32. The maximum Gasteiger partial charge on any atom is 0.0467 e. The zero-order valence-electron chi connectivity index (χ0n) is 21.7. The van der Waals surface area contributed by atoms with E-state index in [4.69, 9.17) is 0 Å². The predicted octanol–water partition coefficient (Wildman–Crippen LogP) is 8.43. The van der Waals surface area contributed by atoms with Crippen LogP contribution in [-0.2, 0) is 21.7 Å². The Morgan fingerprint density at radius 3 is 1.56 bits per heavy atom. The number of benzene rings is 4. The van der Waals surface area contributed by atoms with Gasteiger partial charge in [0.05, 0.1) is 0 Å². The van der Waals surface area contributed by atoms with Crippen LogP contribution in [0, 0.1) is 0 Å². The molecule has 176 valence electrons. The summed E-state index contributed by atoms with van der Waals surface area (Å²) in [6, 6.07) is 34.9. The topological polar surface area (TPSA) is 0 Å². The molecule has 36 heavy (non-hydrogen) atoms. The van der Waals surface area contributed by atoms with Crippen LogP contribution >= 0.6 is 0 Å². The predicted molar refractivity (Wildman–Crippen MR) is 149 cm³/mol. The summed E-state index contributed by atoms with van der Waals surface area (Å²) in [6.45, 7) is 9.63. The zero-order valence-corrected chi connectivity index (χ0v) is 21.7. The van der Waals surface area contributed by atoms with Gasteiger partial charge in [0, 0.05) is 21.7 Å². The van der Waals surface area contributed by atoms with Crippen molar-refractivity contribution in [2.75, 3.05) is 0 Å². The van der Waals surface area contributed by atoms with Crippen molar-refractivity contribution < 1.29 is 0 Å². The van der Waals surface area contributed by atoms with Crippen molar-refractivity contribution >= 4 is 5.57 Å². The van der Waals surface area contributed by atoms with Crippen LogP contribution in [0.1, 0.15) is 90.6 Å². The fourth-order valence-electron chi connectivity index (χ4n) is 8.73. The molecule has 0 aliphatic heterocycles. The third kappa shape index (κ3) is 2.08. The van der Waals surface area contributed by atoms with Gasteiger partial charge in [0.2, 0.25) is 0 Å². The Bertz CT molecular complexity index is 1590. The Kier molecular flexibility index (Phi) is 3.63. The molecule has 0 bridgehead atoms. The van der Waals surface area contributed by atoms with Gasteiger partial charge >= 0.3 is 0 Å². The quantitative estimate of drug-likeness (QED) is 0.245. The van der Waals surface area contributed by atoms with Crippen molar-refractivity contribution in [3.63, 3.8) is 0 Å². The molecule has 0 saturated heterocycles. The second-order valence-corrected chi connectivity index (χ2v) is 12.5. The molecule has 0 saturated carbocycles. The lowest BCUT2D eigenvalue weighted by Gasteiger charge is -2.60. The molecule has 4 aliphatic carbocycles. The van der Waals surface area contributed by atoms with Gasteiger partial charge in [-0.1, -0.05) is 125 Å². The van der Waals surface area contributed by atoms with Crippen LogP contribution in [0.2, 0.25) is 0 Å². The number of hydrogen-bond acceptors (Lipinski definition) is 0. The van der Waals surface area contributed by atoms with Gasteiger partial charge in [-0.3, -0.25) is 0 Å². The maximum absolute atomic E-state index is 2.71. The second-order valence-electron chi connectivity index (χ2n) is 12.5. The Balaban J connectivity index is 1.48. The van der Waals surface area contributed by atoms with E-state index in [0.717, 1.165) is 12.8 Å². The Hall–Kier alpha value is -3.38. The average molecular weight is 465 g/mol. The number of fused-ring (bicyclic) bond motifs is 6. The highest BCUT2D eigenvalue weighted by Crippen LogP contribution is 2.69. The van der Waals surface area contributed by atoms with Crippen molar-refractivity contribution in [2.45, 2.75) is 62.2 Å². The van der Waals surface area contributed by atoms with Gasteiger partial charge in [-0.2, -0.15) is 0 Å². The van der Waals surface area contributed by atoms with Crippen LogP contribution in [0.4, 0.5) is 0 Å². The van der Waals surface area contributed by atoms with E-state index in [1.165, 1.54) is 38.9 Å². The van der Waals surface area contributed by atoms with Crippen molar-refractivity contribution in [1.82, 2.24) is 0 Å². The van der Waals surface area contributed by atoms with E-state index in [1.807, 2.05) is 0 Å². The Morgan fingerprint density at radius 1 is 0.472 bits per heavy atom. The van der Waals surface area contributed by atoms with Gasteiger partial charge in [-0.15, -0.1) is 0 Å². The molecule has 4 aliphatic rings. The standard InChI is InChI=1S/C36H32/c1-33(2)24-13-5-8-16-27(24)35(28-17-9-6-14-25(28)33)20-21-36-29-18-10-7-15-26(29)34(3,4)30-19-11-12-23(32(30)36)31(36)22-35/h5-19,22H,20-21H2,1-4H3. The van der Waals surface area contributed by atoms with Crippen LogP contribution in [0.3, 0.4) is 0 Å². The SMILES string of the molecule is CC1(C)c2ccccc2C2(C=C3c4cccc5c4C3(CC2)c2ccccc2C5(C)C)c2ccccc21. The summed E-state index contributed by atoms with van der Waals surface area (Å²) in [6.07, 6.45) is 4.99. The fourth-order valence-corrected chi connectivity index (χ4v) is 8.73. The first-order chi connectivity index (χ1) is 17.3. The molecule has 0 heteroatoms. The van der Waals surface area contributed by atoms with Crippen molar-refractivity contribution in [3.05, 3.63) is 147 Å². The summed E-state index contributed by atoms with van der Waals surface area (Å²) in [5.41, 5.74) is 15.2. The van der Waals surface area contributed by atoms with Crippen LogP contribution in [0.5, 0.6) is 0 Å². The lowest BCUT2D eigenvalue weighted by atomic mass is 9.42. The molecule has 0 N–H and O–H groups in total.